The maximum Gasteiger partial charge on any atom is 0.270 e. The number of amides is 1. The highest BCUT2D eigenvalue weighted by Crippen LogP contribution is 2.30. The van der Waals surface area contributed by atoms with E-state index < -0.39 is 4.92 Å². The largest absolute Gasteiger partial charge is 0.459 e. The molecule has 32 heavy (non-hydrogen) atoms. The lowest BCUT2D eigenvalue weighted by Gasteiger charge is -2.34. The lowest BCUT2D eigenvalue weighted by molar-refractivity contribution is -0.384. The molecule has 5 rings (SSSR count). The van der Waals surface area contributed by atoms with Crippen molar-refractivity contribution < 1.29 is 18.6 Å². The quantitative estimate of drug-likeness (QED) is 0.382. The first-order chi connectivity index (χ1) is 15.5. The molecule has 0 spiro atoms. The molecule has 160 valence electrons. The zero-order valence-electron chi connectivity index (χ0n) is 16.6. The van der Waals surface area contributed by atoms with Gasteiger partial charge >= 0.3 is 0 Å². The number of piperazine rings is 1. The van der Waals surface area contributed by atoms with Crippen molar-refractivity contribution >= 4 is 28.4 Å². The van der Waals surface area contributed by atoms with Crippen LogP contribution in [0.25, 0.3) is 22.6 Å². The van der Waals surface area contributed by atoms with E-state index in [1.165, 1.54) is 18.4 Å². The number of nitriles is 1. The molecule has 0 aliphatic carbocycles. The van der Waals surface area contributed by atoms with Gasteiger partial charge in [0.1, 0.15) is 6.07 Å². The van der Waals surface area contributed by atoms with Gasteiger partial charge in [-0.15, -0.1) is 0 Å². The van der Waals surface area contributed by atoms with Crippen molar-refractivity contribution in [2.24, 2.45) is 0 Å². The van der Waals surface area contributed by atoms with Crippen LogP contribution in [0.5, 0.6) is 0 Å². The number of nitro groups is 1. The van der Waals surface area contributed by atoms with Gasteiger partial charge in [-0.3, -0.25) is 14.9 Å². The molecule has 0 atom stereocenters. The van der Waals surface area contributed by atoms with Gasteiger partial charge in [0.2, 0.25) is 11.6 Å². The minimum Gasteiger partial charge on any atom is -0.459 e. The maximum absolute atomic E-state index is 13.1. The number of hydrogen-bond donors (Lipinski definition) is 1. The molecule has 11 heteroatoms. The number of H-pyrrole nitrogens is 1. The third kappa shape index (κ3) is 3.24. The van der Waals surface area contributed by atoms with Crippen molar-refractivity contribution in [1.29, 1.82) is 5.26 Å². The summed E-state index contributed by atoms with van der Waals surface area (Å²) in [5.74, 6) is 0.773. The number of nitrogens with zero attached hydrogens (tertiary/aromatic N) is 5. The van der Waals surface area contributed by atoms with E-state index in [9.17, 15) is 20.2 Å². The number of carbonyl (C=O) groups excluding carboxylic acids is 1. The lowest BCUT2D eigenvalue weighted by Crippen LogP contribution is -2.48. The van der Waals surface area contributed by atoms with Crippen molar-refractivity contribution in [2.75, 3.05) is 31.1 Å². The smallest absolute Gasteiger partial charge is 0.270 e. The third-order valence-corrected chi connectivity index (χ3v) is 5.41. The Morgan fingerprint density at radius 1 is 1.25 bits per heavy atom. The number of oxazole rings is 1. The number of aromatic amines is 1. The van der Waals surface area contributed by atoms with E-state index in [2.05, 4.69) is 9.97 Å². The second-order valence-electron chi connectivity index (χ2n) is 7.23. The molecule has 4 heterocycles. The highest BCUT2D eigenvalue weighted by molar-refractivity contribution is 6.07. The van der Waals surface area contributed by atoms with Crippen LogP contribution in [0, 0.1) is 21.4 Å². The molecule has 1 saturated heterocycles. The van der Waals surface area contributed by atoms with Gasteiger partial charge in [0.15, 0.2) is 5.76 Å². The first kappa shape index (κ1) is 19.4. The Hall–Kier alpha value is -4.59. The van der Waals surface area contributed by atoms with Crippen molar-refractivity contribution in [2.45, 2.75) is 0 Å². The number of carbonyl (C=O) groups is 1. The Kier molecular flexibility index (Phi) is 4.59. The van der Waals surface area contributed by atoms with Crippen LogP contribution in [0.15, 0.2) is 51.6 Å². The fraction of sp³-hybridized carbons (Fsp3) is 0.190. The van der Waals surface area contributed by atoms with E-state index in [0.717, 1.165) is 0 Å². The van der Waals surface area contributed by atoms with E-state index >= 15 is 0 Å². The fourth-order valence-electron chi connectivity index (χ4n) is 3.79. The summed E-state index contributed by atoms with van der Waals surface area (Å²) in [6.45, 7) is 1.66. The van der Waals surface area contributed by atoms with E-state index in [0.29, 0.717) is 54.3 Å². The van der Waals surface area contributed by atoms with Crippen LogP contribution < -0.4 is 4.90 Å². The molecular weight excluding hydrogens is 416 g/mol. The standard InChI is InChI=1S/C21H16N6O5/c22-11-17-21(32-19(24-17)18-2-1-9-31-18)26-7-5-25(6-8-26)20(28)15-12-23-16-4-3-13(27(29)30)10-14(15)16/h1-4,9-10,12,23H,5-8H2. The van der Waals surface area contributed by atoms with Crippen LogP contribution >= 0.6 is 0 Å². The highest BCUT2D eigenvalue weighted by atomic mass is 16.6. The molecule has 0 saturated carbocycles. The number of anilines is 1. The number of furan rings is 1. The summed E-state index contributed by atoms with van der Waals surface area (Å²) in [6.07, 6.45) is 3.07. The van der Waals surface area contributed by atoms with Crippen LogP contribution in [0.1, 0.15) is 16.1 Å². The van der Waals surface area contributed by atoms with Crippen molar-refractivity contribution in [3.05, 3.63) is 64.2 Å². The van der Waals surface area contributed by atoms with Crippen LogP contribution in [0.2, 0.25) is 0 Å². The van der Waals surface area contributed by atoms with Gasteiger partial charge < -0.3 is 23.6 Å². The Labute approximate surface area is 180 Å². The lowest BCUT2D eigenvalue weighted by atomic mass is 10.1. The van der Waals surface area contributed by atoms with Gasteiger partial charge in [0.05, 0.1) is 16.7 Å². The third-order valence-electron chi connectivity index (χ3n) is 5.41. The second kappa shape index (κ2) is 7.59. The molecule has 1 N–H and O–H groups in total. The Morgan fingerprint density at radius 2 is 2.06 bits per heavy atom. The molecular formula is C21H16N6O5. The van der Waals surface area contributed by atoms with Crippen molar-refractivity contribution in [3.8, 4) is 17.7 Å². The Bertz CT molecular complexity index is 1360. The molecule has 0 radical (unpaired) electrons. The fourth-order valence-corrected chi connectivity index (χ4v) is 3.79. The molecule has 0 bridgehead atoms. The van der Waals surface area contributed by atoms with Crippen LogP contribution in [0.3, 0.4) is 0 Å². The number of fused-ring (bicyclic) bond motifs is 1. The molecule has 1 aliphatic heterocycles. The van der Waals surface area contributed by atoms with Crippen LogP contribution in [-0.2, 0) is 0 Å². The summed E-state index contributed by atoms with van der Waals surface area (Å²) < 4.78 is 11.1. The first-order valence-corrected chi connectivity index (χ1v) is 9.79. The first-order valence-electron chi connectivity index (χ1n) is 9.79. The monoisotopic (exact) mass is 432 g/mol. The average Bonchev–Trinajstić information content (AvgIpc) is 3.57. The van der Waals surface area contributed by atoms with Crippen molar-refractivity contribution in [1.82, 2.24) is 14.9 Å². The number of benzene rings is 1. The predicted octanol–water partition coefficient (Wildman–Crippen LogP) is 3.16. The Balaban J connectivity index is 1.34. The Morgan fingerprint density at radius 3 is 2.75 bits per heavy atom. The molecule has 11 nitrogen and oxygen atoms in total. The van der Waals surface area contributed by atoms with E-state index in [-0.39, 0.29) is 23.2 Å². The summed E-state index contributed by atoms with van der Waals surface area (Å²) in [6, 6.07) is 9.82. The minimum absolute atomic E-state index is 0.0716. The van der Waals surface area contributed by atoms with Crippen molar-refractivity contribution in [3.63, 3.8) is 0 Å². The normalized spacial score (nSPS) is 14.0. The predicted molar refractivity (Wildman–Crippen MR) is 112 cm³/mol. The summed E-state index contributed by atoms with van der Waals surface area (Å²) in [5.41, 5.74) is 1.12. The molecule has 0 unspecified atom stereocenters. The second-order valence-corrected chi connectivity index (χ2v) is 7.23. The van der Waals surface area contributed by atoms with Crippen LogP contribution in [0.4, 0.5) is 11.6 Å². The van der Waals surface area contributed by atoms with Gasteiger partial charge in [-0.25, -0.2) is 0 Å². The molecule has 1 aromatic carbocycles. The van der Waals surface area contributed by atoms with E-state index in [4.69, 9.17) is 8.83 Å². The number of non-ortho nitro benzene ring substituents is 1. The minimum atomic E-state index is -0.485. The number of rotatable bonds is 4. The van der Waals surface area contributed by atoms with Gasteiger partial charge in [0, 0.05) is 55.4 Å². The average molecular weight is 432 g/mol. The number of nitrogens with one attached hydrogen (secondary N) is 1. The maximum atomic E-state index is 13.1. The van der Waals surface area contributed by atoms with Gasteiger partial charge in [0.25, 0.3) is 17.5 Å². The number of nitro benzene ring substituents is 1. The van der Waals surface area contributed by atoms with Gasteiger partial charge in [-0.2, -0.15) is 10.2 Å². The topological polar surface area (TPSA) is 145 Å². The van der Waals surface area contributed by atoms with Gasteiger partial charge in [-0.1, -0.05) is 0 Å². The van der Waals surface area contributed by atoms with E-state index in [1.54, 1.807) is 29.3 Å². The number of aromatic nitrogens is 2. The van der Waals surface area contributed by atoms with Crippen LogP contribution in [-0.4, -0.2) is 51.9 Å². The highest BCUT2D eigenvalue weighted by Gasteiger charge is 2.28. The summed E-state index contributed by atoms with van der Waals surface area (Å²) >= 11 is 0. The molecule has 3 aromatic heterocycles. The summed E-state index contributed by atoms with van der Waals surface area (Å²) in [5, 5.41) is 21.1. The van der Waals surface area contributed by atoms with E-state index in [1.807, 2.05) is 11.0 Å². The summed E-state index contributed by atoms with van der Waals surface area (Å²) in [7, 11) is 0. The SMILES string of the molecule is N#Cc1nc(-c2ccco2)oc1N1CCN(C(=O)c2c[nH]c3ccc([N+](=O)[O-])cc23)CC1. The number of hydrogen-bond acceptors (Lipinski definition) is 8. The zero-order valence-corrected chi connectivity index (χ0v) is 16.6. The van der Waals surface area contributed by atoms with Gasteiger partial charge in [-0.05, 0) is 18.2 Å². The molecule has 1 fully saturated rings. The molecule has 1 aliphatic rings. The molecule has 4 aromatic rings. The zero-order chi connectivity index (χ0) is 22.2. The summed E-state index contributed by atoms with van der Waals surface area (Å²) in [4.78, 5) is 34.4. The molecule has 1 amide bonds.